The number of nitrogens with zero attached hydrogens (tertiary/aromatic N) is 2. The summed E-state index contributed by atoms with van der Waals surface area (Å²) in [6.07, 6.45) is 2.20. The lowest BCUT2D eigenvalue weighted by atomic mass is 10.0. The predicted octanol–water partition coefficient (Wildman–Crippen LogP) is 3.80. The van der Waals surface area contributed by atoms with Crippen molar-refractivity contribution < 1.29 is 9.53 Å². The van der Waals surface area contributed by atoms with E-state index in [1.165, 1.54) is 0 Å². The number of benzene rings is 1. The van der Waals surface area contributed by atoms with Crippen molar-refractivity contribution in [2.24, 2.45) is 0 Å². The lowest BCUT2D eigenvalue weighted by Crippen LogP contribution is -2.33. The third-order valence-electron chi connectivity index (χ3n) is 4.39. The van der Waals surface area contributed by atoms with E-state index in [0.717, 1.165) is 36.5 Å². The summed E-state index contributed by atoms with van der Waals surface area (Å²) in [5.41, 5.74) is 2.54. The molecule has 2 atom stereocenters. The first-order valence-electron chi connectivity index (χ1n) is 8.83. The molecule has 0 saturated heterocycles. The fraction of sp³-hybridized carbons (Fsp3) is 0.421. The highest BCUT2D eigenvalue weighted by Crippen LogP contribution is 2.36. The van der Waals surface area contributed by atoms with Crippen LogP contribution in [0.25, 0.3) is 0 Å². The van der Waals surface area contributed by atoms with Crippen LogP contribution in [0.3, 0.4) is 0 Å². The van der Waals surface area contributed by atoms with Crippen LogP contribution in [0.15, 0.2) is 30.3 Å². The molecule has 2 unspecified atom stereocenters. The van der Waals surface area contributed by atoms with Crippen molar-refractivity contribution in [1.82, 2.24) is 15.5 Å². The Kier molecular flexibility index (Phi) is 5.42. The molecule has 0 spiro atoms. The summed E-state index contributed by atoms with van der Waals surface area (Å²) in [6, 6.07) is 11.4. The molecular weight excluding hydrogens is 330 g/mol. The van der Waals surface area contributed by atoms with Crippen molar-refractivity contribution in [3.8, 4) is 6.07 Å². The van der Waals surface area contributed by atoms with Gasteiger partial charge < -0.3 is 15.4 Å². The minimum absolute atomic E-state index is 0.0583. The lowest BCUT2D eigenvalue weighted by molar-refractivity contribution is 0.0981. The molecule has 1 aliphatic carbocycles. The number of carbonyl (C=O) groups excluding carboxylic acids is 1. The van der Waals surface area contributed by atoms with Gasteiger partial charge in [-0.05, 0) is 57.4 Å². The summed E-state index contributed by atoms with van der Waals surface area (Å²) in [5, 5.41) is 22.2. The predicted molar refractivity (Wildman–Crippen MR) is 98.2 cm³/mol. The van der Waals surface area contributed by atoms with Crippen molar-refractivity contribution in [2.45, 2.75) is 51.2 Å². The van der Waals surface area contributed by atoms with E-state index in [1.54, 1.807) is 12.1 Å². The van der Waals surface area contributed by atoms with Crippen LogP contribution in [-0.2, 0) is 4.74 Å². The zero-order valence-corrected chi connectivity index (χ0v) is 15.0. The molecule has 0 aliphatic heterocycles. The number of H-pyrrole nitrogens is 1. The Morgan fingerprint density at radius 2 is 2.12 bits per heavy atom. The van der Waals surface area contributed by atoms with E-state index >= 15 is 0 Å². The fourth-order valence-corrected chi connectivity index (χ4v) is 3.14. The third-order valence-corrected chi connectivity index (χ3v) is 4.39. The second-order valence-corrected chi connectivity index (χ2v) is 6.86. The number of nitrogens with one attached hydrogen (secondary N) is 3. The smallest absolute Gasteiger partial charge is 0.407 e. The minimum atomic E-state index is -0.349. The Labute approximate surface area is 152 Å². The van der Waals surface area contributed by atoms with E-state index in [1.807, 2.05) is 32.0 Å². The average Bonchev–Trinajstić information content (AvgIpc) is 3.24. The number of hydrogen-bond donors (Lipinski definition) is 3. The van der Waals surface area contributed by atoms with Crippen molar-refractivity contribution in [3.05, 3.63) is 41.6 Å². The molecule has 2 aromatic rings. The number of nitriles is 1. The maximum Gasteiger partial charge on any atom is 0.407 e. The highest BCUT2D eigenvalue weighted by atomic mass is 16.6. The standard InChI is InChI=1S/C19H23N5O2/c1-12(2)21-19(25)26-16-8-5-14(9-16)17-10-18(24-23-17)22-15-6-3-13(11-20)4-7-15/h3-4,6-7,10,12,14,16H,5,8-9H2,1-2H3,(H,21,25)(H2,22,23,24). The highest BCUT2D eigenvalue weighted by molar-refractivity contribution is 5.67. The quantitative estimate of drug-likeness (QED) is 0.759. The first-order valence-corrected chi connectivity index (χ1v) is 8.83. The number of aromatic amines is 1. The summed E-state index contributed by atoms with van der Waals surface area (Å²) in [4.78, 5) is 11.7. The topological polar surface area (TPSA) is 103 Å². The number of carbonyl (C=O) groups is 1. The van der Waals surface area contributed by atoms with Gasteiger partial charge in [0.05, 0.1) is 11.6 Å². The normalized spacial score (nSPS) is 19.2. The van der Waals surface area contributed by atoms with Crippen LogP contribution in [0, 0.1) is 11.3 Å². The second-order valence-electron chi connectivity index (χ2n) is 6.86. The maximum atomic E-state index is 11.7. The number of amides is 1. The first-order chi connectivity index (χ1) is 12.5. The summed E-state index contributed by atoms with van der Waals surface area (Å²) in [7, 11) is 0. The third kappa shape index (κ3) is 4.54. The Morgan fingerprint density at radius 1 is 1.35 bits per heavy atom. The number of rotatable bonds is 5. The lowest BCUT2D eigenvalue weighted by Gasteiger charge is -2.14. The summed E-state index contributed by atoms with van der Waals surface area (Å²) in [6.45, 7) is 3.82. The molecule has 7 nitrogen and oxygen atoms in total. The molecule has 26 heavy (non-hydrogen) atoms. The molecule has 1 saturated carbocycles. The van der Waals surface area contributed by atoms with Crippen LogP contribution in [0.5, 0.6) is 0 Å². The Balaban J connectivity index is 1.55. The van der Waals surface area contributed by atoms with Gasteiger partial charge >= 0.3 is 6.09 Å². The van der Waals surface area contributed by atoms with E-state index in [9.17, 15) is 4.79 Å². The summed E-state index contributed by atoms with van der Waals surface area (Å²) < 4.78 is 5.47. The van der Waals surface area contributed by atoms with Gasteiger partial charge in [-0.1, -0.05) is 0 Å². The first kappa shape index (κ1) is 17.8. The Bertz CT molecular complexity index is 791. The van der Waals surface area contributed by atoms with Gasteiger partial charge in [0, 0.05) is 29.4 Å². The SMILES string of the molecule is CC(C)NC(=O)OC1CCC(c2cc(Nc3ccc(C#N)cc3)n[nH]2)C1. The van der Waals surface area contributed by atoms with Crippen LogP contribution < -0.4 is 10.6 Å². The molecule has 1 fully saturated rings. The van der Waals surface area contributed by atoms with E-state index in [0.29, 0.717) is 11.5 Å². The average molecular weight is 353 g/mol. The van der Waals surface area contributed by atoms with Gasteiger partial charge in [0.15, 0.2) is 5.82 Å². The fourth-order valence-electron chi connectivity index (χ4n) is 3.14. The number of anilines is 2. The summed E-state index contributed by atoms with van der Waals surface area (Å²) >= 11 is 0. The number of ether oxygens (including phenoxy) is 1. The Morgan fingerprint density at radius 3 is 2.81 bits per heavy atom. The molecule has 3 rings (SSSR count). The number of aromatic nitrogens is 2. The monoisotopic (exact) mass is 353 g/mol. The van der Waals surface area contributed by atoms with Gasteiger partial charge in [0.25, 0.3) is 0 Å². The van der Waals surface area contributed by atoms with Crippen molar-refractivity contribution >= 4 is 17.6 Å². The van der Waals surface area contributed by atoms with Gasteiger partial charge in [-0.25, -0.2) is 4.79 Å². The highest BCUT2D eigenvalue weighted by Gasteiger charge is 2.30. The molecule has 1 aromatic heterocycles. The zero-order chi connectivity index (χ0) is 18.5. The molecule has 1 amide bonds. The number of hydrogen-bond acceptors (Lipinski definition) is 5. The molecule has 3 N–H and O–H groups in total. The molecule has 1 heterocycles. The Hall–Kier alpha value is -3.01. The van der Waals surface area contributed by atoms with Crippen molar-refractivity contribution in [3.63, 3.8) is 0 Å². The number of alkyl carbamates (subject to hydrolysis) is 1. The van der Waals surface area contributed by atoms with E-state index in [2.05, 4.69) is 26.9 Å². The molecule has 1 aromatic carbocycles. The molecule has 1 aliphatic rings. The summed E-state index contributed by atoms with van der Waals surface area (Å²) in [5.74, 6) is 1.03. The van der Waals surface area contributed by atoms with E-state index < -0.39 is 0 Å². The molecular formula is C19H23N5O2. The van der Waals surface area contributed by atoms with Gasteiger partial charge in [0.2, 0.25) is 0 Å². The van der Waals surface area contributed by atoms with Gasteiger partial charge in [-0.2, -0.15) is 10.4 Å². The van der Waals surface area contributed by atoms with Crippen LogP contribution in [-0.4, -0.2) is 28.4 Å². The van der Waals surface area contributed by atoms with Crippen molar-refractivity contribution in [2.75, 3.05) is 5.32 Å². The van der Waals surface area contributed by atoms with Crippen LogP contribution in [0.2, 0.25) is 0 Å². The molecule has 0 radical (unpaired) electrons. The minimum Gasteiger partial charge on any atom is -0.446 e. The van der Waals surface area contributed by atoms with Gasteiger partial charge in [-0.3, -0.25) is 5.10 Å². The van der Waals surface area contributed by atoms with E-state index in [4.69, 9.17) is 10.00 Å². The maximum absolute atomic E-state index is 11.7. The van der Waals surface area contributed by atoms with Crippen LogP contribution >= 0.6 is 0 Å². The van der Waals surface area contributed by atoms with Crippen LogP contribution in [0.4, 0.5) is 16.3 Å². The zero-order valence-electron chi connectivity index (χ0n) is 15.0. The van der Waals surface area contributed by atoms with Gasteiger partial charge in [0.1, 0.15) is 6.10 Å². The molecule has 7 heteroatoms. The molecule has 136 valence electrons. The van der Waals surface area contributed by atoms with Crippen molar-refractivity contribution in [1.29, 1.82) is 5.26 Å². The van der Waals surface area contributed by atoms with Gasteiger partial charge in [-0.15, -0.1) is 0 Å². The largest absolute Gasteiger partial charge is 0.446 e. The molecule has 0 bridgehead atoms. The van der Waals surface area contributed by atoms with Crippen LogP contribution in [0.1, 0.15) is 50.3 Å². The van der Waals surface area contributed by atoms with E-state index in [-0.39, 0.29) is 18.2 Å². The second kappa shape index (κ2) is 7.91.